The van der Waals surface area contributed by atoms with Crippen molar-refractivity contribution in [2.45, 2.75) is 199 Å². The predicted octanol–water partition coefficient (Wildman–Crippen LogP) is 9.11. The van der Waals surface area contributed by atoms with E-state index in [0.717, 1.165) is 70.6 Å². The van der Waals surface area contributed by atoms with Gasteiger partial charge in [0.2, 0.25) is 0 Å². The third-order valence-electron chi connectivity index (χ3n) is 9.74. The molecule has 332 valence electrons. The van der Waals surface area contributed by atoms with Crippen LogP contribution >= 0.6 is 7.82 Å². The highest BCUT2D eigenvalue weighted by molar-refractivity contribution is 7.45. The first-order chi connectivity index (χ1) is 26.8. The molecule has 0 aliphatic heterocycles. The van der Waals surface area contributed by atoms with Crippen LogP contribution in [-0.4, -0.2) is 104 Å². The largest absolute Gasteiger partial charge is 0.756 e. The second kappa shape index (κ2) is 36.9. The number of aliphatic hydroxyl groups excluding tert-OH is 3. The van der Waals surface area contributed by atoms with Gasteiger partial charge in [0, 0.05) is 13.0 Å². The average molecular weight is 820 g/mol. The number of aliphatic hydroxyl groups is 3. The lowest BCUT2D eigenvalue weighted by atomic mass is 10.0. The summed E-state index contributed by atoms with van der Waals surface area (Å²) in [5.74, 6) is -0.429. The number of carbonyl (C=O) groups is 1. The van der Waals surface area contributed by atoms with E-state index < -0.39 is 38.2 Å². The van der Waals surface area contributed by atoms with Gasteiger partial charge in [0.15, 0.2) is 0 Å². The van der Waals surface area contributed by atoms with Crippen LogP contribution in [0.5, 0.6) is 0 Å². The number of phosphoric ester groups is 1. The Morgan fingerprint density at radius 2 is 1.20 bits per heavy atom. The zero-order valence-electron chi connectivity index (χ0n) is 36.4. The molecule has 12 heteroatoms. The molecule has 0 amide bonds. The van der Waals surface area contributed by atoms with Gasteiger partial charge in [0.1, 0.15) is 19.3 Å². The summed E-state index contributed by atoms with van der Waals surface area (Å²) < 4.78 is 34.4. The fourth-order valence-corrected chi connectivity index (χ4v) is 6.79. The van der Waals surface area contributed by atoms with Gasteiger partial charge in [-0.05, 0) is 51.4 Å². The maximum atomic E-state index is 12.7. The Morgan fingerprint density at radius 3 is 1.82 bits per heavy atom. The Hall–Kier alpha value is -1.14. The zero-order valence-corrected chi connectivity index (χ0v) is 37.3. The van der Waals surface area contributed by atoms with Gasteiger partial charge in [-0.3, -0.25) is 9.36 Å². The van der Waals surface area contributed by atoms with E-state index in [1.54, 1.807) is 6.08 Å². The fraction of sp³-hybridized carbons (Fsp3) is 0.886. The number of rotatable bonds is 41. The van der Waals surface area contributed by atoms with Crippen LogP contribution < -0.4 is 4.89 Å². The van der Waals surface area contributed by atoms with Crippen LogP contribution in [0.4, 0.5) is 0 Å². The summed E-state index contributed by atoms with van der Waals surface area (Å²) in [4.78, 5) is 25.1. The molecule has 0 radical (unpaired) electrons. The molecule has 0 heterocycles. The van der Waals surface area contributed by atoms with Gasteiger partial charge in [-0.15, -0.1) is 0 Å². The number of nitrogens with zero attached hydrogens (tertiary/aromatic N) is 1. The van der Waals surface area contributed by atoms with Gasteiger partial charge >= 0.3 is 5.97 Å². The number of esters is 1. The molecule has 0 saturated carbocycles. The molecule has 0 aromatic rings. The molecule has 5 unspecified atom stereocenters. The number of hydrogen-bond acceptors (Lipinski definition) is 10. The summed E-state index contributed by atoms with van der Waals surface area (Å²) in [6, 6.07) is 0. The lowest BCUT2D eigenvalue weighted by Gasteiger charge is -2.28. The highest BCUT2D eigenvalue weighted by atomic mass is 31.2. The lowest BCUT2D eigenvalue weighted by molar-refractivity contribution is -0.870. The van der Waals surface area contributed by atoms with E-state index in [1.807, 2.05) is 21.1 Å². The second-order valence-electron chi connectivity index (χ2n) is 16.5. The van der Waals surface area contributed by atoms with Gasteiger partial charge in [-0.25, -0.2) is 0 Å². The van der Waals surface area contributed by atoms with Gasteiger partial charge in [-0.1, -0.05) is 141 Å². The molecule has 0 fully saturated rings. The minimum absolute atomic E-state index is 0.0106. The Kier molecular flexibility index (Phi) is 36.2. The van der Waals surface area contributed by atoms with E-state index in [2.05, 4.69) is 26.0 Å². The smallest absolute Gasteiger partial charge is 0.306 e. The van der Waals surface area contributed by atoms with Crippen molar-refractivity contribution < 1.29 is 52.6 Å². The van der Waals surface area contributed by atoms with Crippen LogP contribution in [0, 0.1) is 0 Å². The Balaban J connectivity index is 4.40. The molecule has 11 nitrogen and oxygen atoms in total. The van der Waals surface area contributed by atoms with Crippen LogP contribution in [0.15, 0.2) is 24.3 Å². The van der Waals surface area contributed by atoms with Crippen molar-refractivity contribution in [3.05, 3.63) is 24.3 Å². The first kappa shape index (κ1) is 54.9. The topological polar surface area (TPSA) is 155 Å². The first-order valence-electron chi connectivity index (χ1n) is 22.3. The van der Waals surface area contributed by atoms with Crippen molar-refractivity contribution in [1.29, 1.82) is 0 Å². The van der Waals surface area contributed by atoms with Crippen LogP contribution in [0.1, 0.15) is 174 Å². The van der Waals surface area contributed by atoms with Gasteiger partial charge in [0.05, 0.1) is 52.7 Å². The summed E-state index contributed by atoms with van der Waals surface area (Å²) in [6.45, 7) is 4.99. The van der Waals surface area contributed by atoms with Crippen LogP contribution in [0.25, 0.3) is 0 Å². The quantitative estimate of drug-likeness (QED) is 0.0179. The highest BCUT2D eigenvalue weighted by Gasteiger charge is 2.20. The summed E-state index contributed by atoms with van der Waals surface area (Å²) >= 11 is 0. The molecule has 0 saturated heterocycles. The standard InChI is InChI=1S/C44H86NO10P/c1-6-8-10-11-12-13-14-15-16-17-18-19-20-21-25-29-36-52-38-41(39-54-56(50,51)53-37-35-45(3,4)5)55-44(49)32-28-24-22-23-27-30-40(46)33-34-43(48)42(47)31-26-9-7-2/h15-16,33-34,40-43,46-48H,6-14,17-32,35-39H2,1-5H3/b16-15-,34-33+. The zero-order chi connectivity index (χ0) is 41.8. The highest BCUT2D eigenvalue weighted by Crippen LogP contribution is 2.38. The Bertz CT molecular complexity index is 1000. The number of allylic oxidation sites excluding steroid dienone is 2. The number of carbonyl (C=O) groups excluding carboxylic acids is 1. The molecule has 0 aromatic carbocycles. The number of ether oxygens (including phenoxy) is 2. The normalized spacial score (nSPS) is 15.7. The molecule has 0 spiro atoms. The fourth-order valence-electron chi connectivity index (χ4n) is 6.06. The number of phosphoric acid groups is 1. The lowest BCUT2D eigenvalue weighted by Crippen LogP contribution is -2.37. The summed E-state index contributed by atoms with van der Waals surface area (Å²) in [5, 5.41) is 30.3. The van der Waals surface area contributed by atoms with E-state index >= 15 is 0 Å². The maximum Gasteiger partial charge on any atom is 0.306 e. The number of unbranched alkanes of at least 4 members (excludes halogenated alkanes) is 18. The van der Waals surface area contributed by atoms with Crippen molar-refractivity contribution in [2.24, 2.45) is 0 Å². The summed E-state index contributed by atoms with van der Waals surface area (Å²) in [6.07, 6.45) is 29.7. The van der Waals surface area contributed by atoms with Crippen molar-refractivity contribution in [1.82, 2.24) is 0 Å². The minimum atomic E-state index is -4.57. The Labute approximate surface area is 342 Å². The van der Waals surface area contributed by atoms with Crippen LogP contribution in [0.3, 0.4) is 0 Å². The van der Waals surface area contributed by atoms with Crippen molar-refractivity contribution in [2.75, 3.05) is 54.1 Å². The summed E-state index contributed by atoms with van der Waals surface area (Å²) in [5.41, 5.74) is 0. The molecular weight excluding hydrogens is 733 g/mol. The molecular formula is C44H86NO10P. The average Bonchev–Trinajstić information content (AvgIpc) is 3.14. The molecule has 5 atom stereocenters. The number of likely N-dealkylation sites (N-methyl/N-ethyl adjacent to an activating group) is 1. The first-order valence-corrected chi connectivity index (χ1v) is 23.8. The molecule has 0 bridgehead atoms. The van der Waals surface area contributed by atoms with E-state index in [9.17, 15) is 29.6 Å². The maximum absolute atomic E-state index is 12.7. The van der Waals surface area contributed by atoms with Crippen LogP contribution in [-0.2, 0) is 27.9 Å². The number of quaternary nitrogens is 1. The molecule has 0 rings (SSSR count). The van der Waals surface area contributed by atoms with E-state index in [0.29, 0.717) is 36.9 Å². The van der Waals surface area contributed by atoms with Gasteiger partial charge in [-0.2, -0.15) is 0 Å². The third-order valence-corrected chi connectivity index (χ3v) is 10.7. The van der Waals surface area contributed by atoms with Crippen molar-refractivity contribution in [3.63, 3.8) is 0 Å². The molecule has 0 aromatic heterocycles. The van der Waals surface area contributed by atoms with Crippen LogP contribution in [0.2, 0.25) is 0 Å². The monoisotopic (exact) mass is 820 g/mol. The number of hydrogen-bond donors (Lipinski definition) is 3. The Morgan fingerprint density at radius 1 is 0.661 bits per heavy atom. The SMILES string of the molecule is CCCCCCCC/C=C\CCCCCCCCOCC(COP(=O)([O-])OCC[N+](C)(C)C)OC(=O)CCCCCCCC(O)/C=C/C(O)C(O)CCCCC. The van der Waals surface area contributed by atoms with E-state index in [-0.39, 0.29) is 26.2 Å². The van der Waals surface area contributed by atoms with Gasteiger partial charge < -0.3 is 43.2 Å². The second-order valence-corrected chi connectivity index (χ2v) is 17.9. The van der Waals surface area contributed by atoms with Gasteiger partial charge in [0.25, 0.3) is 7.82 Å². The van der Waals surface area contributed by atoms with E-state index in [4.69, 9.17) is 18.5 Å². The molecule has 3 N–H and O–H groups in total. The molecule has 0 aliphatic carbocycles. The van der Waals surface area contributed by atoms with E-state index in [1.165, 1.54) is 70.3 Å². The van der Waals surface area contributed by atoms with Crippen molar-refractivity contribution >= 4 is 13.8 Å². The molecule has 56 heavy (non-hydrogen) atoms. The third kappa shape index (κ3) is 38.4. The van der Waals surface area contributed by atoms with Crippen molar-refractivity contribution in [3.8, 4) is 0 Å². The predicted molar refractivity (Wildman–Crippen MR) is 226 cm³/mol. The summed E-state index contributed by atoms with van der Waals surface area (Å²) in [7, 11) is 1.23. The minimum Gasteiger partial charge on any atom is -0.756 e. The molecule has 0 aliphatic rings.